The molecule has 0 bridgehead atoms. The van der Waals surface area contributed by atoms with E-state index in [9.17, 15) is 4.79 Å². The van der Waals surface area contributed by atoms with E-state index in [0.29, 0.717) is 0 Å². The van der Waals surface area contributed by atoms with Gasteiger partial charge in [-0.3, -0.25) is 4.79 Å². The average Bonchev–Trinajstić information content (AvgIpc) is 2.86. The number of ketones is 1. The molecular weight excluding hydrogens is 224 g/mol. The van der Waals surface area contributed by atoms with Crippen molar-refractivity contribution in [3.05, 3.63) is 60.4 Å². The lowest BCUT2D eigenvalue weighted by molar-refractivity contribution is 0.101. The van der Waals surface area contributed by atoms with E-state index in [-0.39, 0.29) is 5.78 Å². The van der Waals surface area contributed by atoms with Gasteiger partial charge in [0.25, 0.3) is 0 Å². The molecule has 0 aliphatic heterocycles. The third-order valence-electron chi connectivity index (χ3n) is 2.97. The van der Waals surface area contributed by atoms with Crippen LogP contribution in [0.5, 0.6) is 0 Å². The third-order valence-corrected chi connectivity index (χ3v) is 2.97. The maximum atomic E-state index is 11.2. The SMILES string of the molecule is CC(=O)c1ccc(-c2ccn3cccc3n2)cc1. The predicted molar refractivity (Wildman–Crippen MR) is 70.6 cm³/mol. The van der Waals surface area contributed by atoms with Gasteiger partial charge in [-0.15, -0.1) is 0 Å². The molecule has 3 rings (SSSR count). The number of Topliss-reactive ketones (excluding diaryl/α,β-unsaturated/α-hetero) is 1. The summed E-state index contributed by atoms with van der Waals surface area (Å²) in [6.45, 7) is 1.57. The molecule has 0 aliphatic carbocycles. The minimum Gasteiger partial charge on any atom is -0.309 e. The Hall–Kier alpha value is -2.42. The van der Waals surface area contributed by atoms with E-state index in [1.165, 1.54) is 0 Å². The van der Waals surface area contributed by atoms with Crippen LogP contribution in [-0.4, -0.2) is 15.2 Å². The number of carbonyl (C=O) groups excluding carboxylic acids is 1. The Morgan fingerprint density at radius 3 is 2.56 bits per heavy atom. The van der Waals surface area contributed by atoms with Crippen LogP contribution in [0.25, 0.3) is 16.9 Å². The summed E-state index contributed by atoms with van der Waals surface area (Å²) >= 11 is 0. The van der Waals surface area contributed by atoms with Gasteiger partial charge in [0.2, 0.25) is 0 Å². The molecule has 1 aromatic carbocycles. The lowest BCUT2D eigenvalue weighted by Crippen LogP contribution is -1.92. The lowest BCUT2D eigenvalue weighted by atomic mass is 10.1. The van der Waals surface area contributed by atoms with Crippen molar-refractivity contribution >= 4 is 11.4 Å². The molecule has 0 radical (unpaired) electrons. The van der Waals surface area contributed by atoms with Gasteiger partial charge in [0.1, 0.15) is 5.65 Å². The van der Waals surface area contributed by atoms with Gasteiger partial charge in [0, 0.05) is 23.5 Å². The van der Waals surface area contributed by atoms with Gasteiger partial charge in [-0.1, -0.05) is 24.3 Å². The number of hydrogen-bond donors (Lipinski definition) is 0. The molecule has 0 spiro atoms. The molecule has 3 aromatic rings. The van der Waals surface area contributed by atoms with E-state index in [2.05, 4.69) is 4.98 Å². The standard InChI is InChI=1S/C15H12N2O/c1-11(18)12-4-6-13(7-5-12)14-8-10-17-9-2-3-15(17)16-14/h2-10H,1H3. The molecule has 0 atom stereocenters. The number of aromatic nitrogens is 2. The first-order valence-electron chi connectivity index (χ1n) is 5.79. The summed E-state index contributed by atoms with van der Waals surface area (Å²) in [5.41, 5.74) is 3.57. The molecule has 0 fully saturated rings. The summed E-state index contributed by atoms with van der Waals surface area (Å²) in [4.78, 5) is 15.8. The van der Waals surface area contributed by atoms with Crippen molar-refractivity contribution in [2.75, 3.05) is 0 Å². The Morgan fingerprint density at radius 2 is 1.83 bits per heavy atom. The summed E-state index contributed by atoms with van der Waals surface area (Å²) in [7, 11) is 0. The maximum Gasteiger partial charge on any atom is 0.159 e. The van der Waals surface area contributed by atoms with Crippen molar-refractivity contribution in [3.63, 3.8) is 0 Å². The number of fused-ring (bicyclic) bond motifs is 1. The number of nitrogens with zero attached hydrogens (tertiary/aromatic N) is 2. The highest BCUT2D eigenvalue weighted by molar-refractivity contribution is 5.94. The van der Waals surface area contributed by atoms with Crippen LogP contribution in [0.3, 0.4) is 0 Å². The van der Waals surface area contributed by atoms with Crippen molar-refractivity contribution in [2.45, 2.75) is 6.92 Å². The molecule has 0 N–H and O–H groups in total. The molecule has 0 amide bonds. The fourth-order valence-corrected chi connectivity index (χ4v) is 1.95. The summed E-state index contributed by atoms with van der Waals surface area (Å²) in [6.07, 6.45) is 3.95. The molecule has 2 aromatic heterocycles. The lowest BCUT2D eigenvalue weighted by Gasteiger charge is -2.03. The monoisotopic (exact) mass is 236 g/mol. The number of rotatable bonds is 2. The molecule has 3 nitrogen and oxygen atoms in total. The fourth-order valence-electron chi connectivity index (χ4n) is 1.95. The zero-order chi connectivity index (χ0) is 12.5. The first-order valence-corrected chi connectivity index (χ1v) is 5.79. The van der Waals surface area contributed by atoms with E-state index in [0.717, 1.165) is 22.5 Å². The van der Waals surface area contributed by atoms with Gasteiger partial charge in [0.15, 0.2) is 5.78 Å². The van der Waals surface area contributed by atoms with Crippen LogP contribution < -0.4 is 0 Å². The van der Waals surface area contributed by atoms with Crippen LogP contribution >= 0.6 is 0 Å². The normalized spacial score (nSPS) is 10.7. The second-order valence-corrected chi connectivity index (χ2v) is 4.22. The maximum absolute atomic E-state index is 11.2. The molecule has 88 valence electrons. The fraction of sp³-hybridized carbons (Fsp3) is 0.0667. The Morgan fingerprint density at radius 1 is 1.06 bits per heavy atom. The highest BCUT2D eigenvalue weighted by Gasteiger charge is 2.03. The van der Waals surface area contributed by atoms with Crippen molar-refractivity contribution in [3.8, 4) is 11.3 Å². The second-order valence-electron chi connectivity index (χ2n) is 4.22. The molecule has 0 saturated heterocycles. The Balaban J connectivity index is 2.05. The molecule has 0 aliphatic rings. The second kappa shape index (κ2) is 4.11. The smallest absolute Gasteiger partial charge is 0.159 e. The van der Waals surface area contributed by atoms with E-state index in [4.69, 9.17) is 0 Å². The van der Waals surface area contributed by atoms with E-state index < -0.39 is 0 Å². The van der Waals surface area contributed by atoms with Crippen LogP contribution in [-0.2, 0) is 0 Å². The molecule has 2 heterocycles. The first kappa shape index (κ1) is 10.7. The van der Waals surface area contributed by atoms with Gasteiger partial charge in [0.05, 0.1) is 5.69 Å². The minimum atomic E-state index is 0.0801. The molecule has 0 unspecified atom stereocenters. The third kappa shape index (κ3) is 1.80. The van der Waals surface area contributed by atoms with Crippen LogP contribution in [0.1, 0.15) is 17.3 Å². The highest BCUT2D eigenvalue weighted by Crippen LogP contribution is 2.18. The Bertz CT molecular complexity index is 711. The van der Waals surface area contributed by atoms with Gasteiger partial charge in [-0.2, -0.15) is 0 Å². The van der Waals surface area contributed by atoms with Crippen LogP contribution in [0.15, 0.2) is 54.9 Å². The van der Waals surface area contributed by atoms with Gasteiger partial charge in [-0.05, 0) is 25.1 Å². The highest BCUT2D eigenvalue weighted by atomic mass is 16.1. The zero-order valence-electron chi connectivity index (χ0n) is 10.00. The van der Waals surface area contributed by atoms with E-state index in [1.807, 2.05) is 59.3 Å². The van der Waals surface area contributed by atoms with E-state index in [1.54, 1.807) is 6.92 Å². The van der Waals surface area contributed by atoms with Crippen LogP contribution in [0, 0.1) is 0 Å². The Kier molecular flexibility index (Phi) is 2.45. The predicted octanol–water partition coefficient (Wildman–Crippen LogP) is 3.20. The number of benzene rings is 1. The quantitative estimate of drug-likeness (QED) is 0.640. The van der Waals surface area contributed by atoms with Crippen molar-refractivity contribution in [1.29, 1.82) is 0 Å². The van der Waals surface area contributed by atoms with Crippen molar-refractivity contribution in [1.82, 2.24) is 9.38 Å². The molecule has 0 saturated carbocycles. The van der Waals surface area contributed by atoms with Gasteiger partial charge in [-0.25, -0.2) is 4.98 Å². The summed E-state index contributed by atoms with van der Waals surface area (Å²) in [5, 5.41) is 0. The Labute approximate surface area is 105 Å². The van der Waals surface area contributed by atoms with Gasteiger partial charge < -0.3 is 4.40 Å². The minimum absolute atomic E-state index is 0.0801. The van der Waals surface area contributed by atoms with Crippen molar-refractivity contribution < 1.29 is 4.79 Å². The van der Waals surface area contributed by atoms with E-state index >= 15 is 0 Å². The average molecular weight is 236 g/mol. The van der Waals surface area contributed by atoms with Crippen molar-refractivity contribution in [2.24, 2.45) is 0 Å². The molecule has 3 heteroatoms. The summed E-state index contributed by atoms with van der Waals surface area (Å²) < 4.78 is 1.97. The largest absolute Gasteiger partial charge is 0.309 e. The summed E-state index contributed by atoms with van der Waals surface area (Å²) in [5.74, 6) is 0.0801. The molecule has 18 heavy (non-hydrogen) atoms. The first-order chi connectivity index (χ1) is 8.74. The topological polar surface area (TPSA) is 34.4 Å². The van der Waals surface area contributed by atoms with Gasteiger partial charge >= 0.3 is 0 Å². The van der Waals surface area contributed by atoms with Crippen LogP contribution in [0.2, 0.25) is 0 Å². The summed E-state index contributed by atoms with van der Waals surface area (Å²) in [6, 6.07) is 13.4. The van der Waals surface area contributed by atoms with Crippen LogP contribution in [0.4, 0.5) is 0 Å². The molecular formula is C15H12N2O. The zero-order valence-corrected chi connectivity index (χ0v) is 10.00. The number of carbonyl (C=O) groups is 1. The number of hydrogen-bond acceptors (Lipinski definition) is 2.